The lowest BCUT2D eigenvalue weighted by Gasteiger charge is -2.34. The zero-order valence-electron chi connectivity index (χ0n) is 10.2. The van der Waals surface area contributed by atoms with Gasteiger partial charge in [-0.1, -0.05) is 45.0 Å². The lowest BCUT2D eigenvalue weighted by Crippen LogP contribution is -2.39. The predicted octanol–water partition coefficient (Wildman–Crippen LogP) is 2.79. The zero-order valence-corrected chi connectivity index (χ0v) is 10.2. The molecular weight excluding hydrogens is 198 g/mol. The number of hydrogen-bond donors (Lipinski definition) is 0. The van der Waals surface area contributed by atoms with Crippen LogP contribution in [0.5, 0.6) is 0 Å². The topological polar surface area (TPSA) is 20.3 Å². The van der Waals surface area contributed by atoms with E-state index in [1.165, 1.54) is 11.1 Å². The van der Waals surface area contributed by atoms with Crippen LogP contribution < -0.4 is 0 Å². The van der Waals surface area contributed by atoms with Crippen LogP contribution >= 0.6 is 0 Å². The molecule has 16 heavy (non-hydrogen) atoms. The average molecular weight is 217 g/mol. The van der Waals surface area contributed by atoms with Crippen molar-refractivity contribution < 1.29 is 4.79 Å². The molecule has 1 aliphatic heterocycles. The zero-order chi connectivity index (χ0) is 11.7. The van der Waals surface area contributed by atoms with Crippen molar-refractivity contribution in [1.82, 2.24) is 4.90 Å². The normalized spacial score (nSPS) is 19.8. The first-order valence-corrected chi connectivity index (χ1v) is 5.96. The van der Waals surface area contributed by atoms with Crippen LogP contribution in [0.15, 0.2) is 24.3 Å². The number of nitrogens with zero attached hydrogens (tertiary/aromatic N) is 1. The summed E-state index contributed by atoms with van der Waals surface area (Å²) >= 11 is 0. The molecule has 0 saturated carbocycles. The Labute approximate surface area is 97.3 Å². The van der Waals surface area contributed by atoms with Gasteiger partial charge in [-0.3, -0.25) is 4.79 Å². The van der Waals surface area contributed by atoms with Crippen molar-refractivity contribution in [2.24, 2.45) is 5.92 Å². The first-order chi connectivity index (χ1) is 7.59. The van der Waals surface area contributed by atoms with Crippen LogP contribution in [-0.4, -0.2) is 17.4 Å². The molecule has 1 aromatic carbocycles. The Morgan fingerprint density at radius 2 is 2.06 bits per heavy atom. The predicted molar refractivity (Wildman–Crippen MR) is 65.1 cm³/mol. The van der Waals surface area contributed by atoms with E-state index in [1.807, 2.05) is 18.7 Å². The van der Waals surface area contributed by atoms with E-state index >= 15 is 0 Å². The Morgan fingerprint density at radius 1 is 1.38 bits per heavy atom. The first-order valence-electron chi connectivity index (χ1n) is 5.96. The number of carbonyl (C=O) groups excluding carboxylic acids is 1. The van der Waals surface area contributed by atoms with Crippen LogP contribution in [0.3, 0.4) is 0 Å². The lowest BCUT2D eigenvalue weighted by molar-refractivity contribution is -0.135. The van der Waals surface area contributed by atoms with Crippen molar-refractivity contribution in [3.8, 4) is 0 Å². The second kappa shape index (κ2) is 4.28. The minimum atomic E-state index is 0.0949. The van der Waals surface area contributed by atoms with E-state index in [9.17, 15) is 4.79 Å². The molecule has 1 heterocycles. The number of fused-ring (bicyclic) bond motifs is 1. The highest BCUT2D eigenvalue weighted by atomic mass is 16.2. The monoisotopic (exact) mass is 217 g/mol. The molecule has 0 spiro atoms. The summed E-state index contributed by atoms with van der Waals surface area (Å²) in [4.78, 5) is 14.0. The summed E-state index contributed by atoms with van der Waals surface area (Å²) in [5.74, 6) is 0.812. The van der Waals surface area contributed by atoms with Crippen LogP contribution in [0.2, 0.25) is 0 Å². The van der Waals surface area contributed by atoms with E-state index in [0.29, 0.717) is 5.92 Å². The van der Waals surface area contributed by atoms with Crippen molar-refractivity contribution in [3.63, 3.8) is 0 Å². The Kier molecular flexibility index (Phi) is 2.99. The van der Waals surface area contributed by atoms with Crippen molar-refractivity contribution in [2.45, 2.75) is 33.2 Å². The summed E-state index contributed by atoms with van der Waals surface area (Å²) in [6.07, 6.45) is 0. The lowest BCUT2D eigenvalue weighted by atomic mass is 9.90. The van der Waals surface area contributed by atoms with Gasteiger partial charge < -0.3 is 4.90 Å². The minimum Gasteiger partial charge on any atom is -0.338 e. The minimum absolute atomic E-state index is 0.0949. The third-order valence-corrected chi connectivity index (χ3v) is 3.25. The Hall–Kier alpha value is -1.31. The summed E-state index contributed by atoms with van der Waals surface area (Å²) in [6.45, 7) is 7.76. The van der Waals surface area contributed by atoms with E-state index < -0.39 is 0 Å². The molecule has 1 atom stereocenters. The molecule has 0 bridgehead atoms. The van der Waals surface area contributed by atoms with Crippen molar-refractivity contribution in [1.29, 1.82) is 0 Å². The molecule has 1 unspecified atom stereocenters. The second-order valence-corrected chi connectivity index (χ2v) is 4.97. The van der Waals surface area contributed by atoms with Gasteiger partial charge in [0.1, 0.15) is 0 Å². The second-order valence-electron chi connectivity index (χ2n) is 4.97. The highest BCUT2D eigenvalue weighted by Gasteiger charge is 2.26. The Morgan fingerprint density at radius 3 is 2.75 bits per heavy atom. The van der Waals surface area contributed by atoms with Gasteiger partial charge in [-0.15, -0.1) is 0 Å². The largest absolute Gasteiger partial charge is 0.338 e. The van der Waals surface area contributed by atoms with Gasteiger partial charge >= 0.3 is 0 Å². The number of rotatable bonds is 1. The molecule has 2 rings (SSSR count). The molecule has 2 nitrogen and oxygen atoms in total. The van der Waals surface area contributed by atoms with Crippen LogP contribution in [-0.2, 0) is 11.3 Å². The quantitative estimate of drug-likeness (QED) is 0.708. The molecular formula is C14H19NO. The molecule has 2 heteroatoms. The summed E-state index contributed by atoms with van der Waals surface area (Å²) in [6, 6.07) is 8.44. The van der Waals surface area contributed by atoms with Crippen LogP contribution in [0.25, 0.3) is 0 Å². The fourth-order valence-electron chi connectivity index (χ4n) is 2.39. The molecule has 0 aliphatic carbocycles. The average Bonchev–Trinajstić information content (AvgIpc) is 2.28. The van der Waals surface area contributed by atoms with Crippen LogP contribution in [0.1, 0.15) is 37.8 Å². The molecule has 86 valence electrons. The summed E-state index contributed by atoms with van der Waals surface area (Å²) < 4.78 is 0. The van der Waals surface area contributed by atoms with Gasteiger partial charge in [0.25, 0.3) is 0 Å². The fraction of sp³-hybridized carbons (Fsp3) is 0.500. The highest BCUT2D eigenvalue weighted by Crippen LogP contribution is 2.28. The maximum Gasteiger partial charge on any atom is 0.225 e. The van der Waals surface area contributed by atoms with Gasteiger partial charge in [0, 0.05) is 19.0 Å². The Bertz CT molecular complexity index is 397. The molecule has 1 amide bonds. The molecule has 1 aliphatic rings. The maximum atomic E-state index is 12.0. The van der Waals surface area contributed by atoms with Crippen molar-refractivity contribution >= 4 is 5.91 Å². The fourth-order valence-corrected chi connectivity index (χ4v) is 2.39. The van der Waals surface area contributed by atoms with Crippen molar-refractivity contribution in [2.75, 3.05) is 6.54 Å². The van der Waals surface area contributed by atoms with Gasteiger partial charge in [-0.25, -0.2) is 0 Å². The summed E-state index contributed by atoms with van der Waals surface area (Å²) in [5.41, 5.74) is 2.70. The van der Waals surface area contributed by atoms with Gasteiger partial charge in [0.15, 0.2) is 0 Å². The van der Waals surface area contributed by atoms with Crippen LogP contribution in [0, 0.1) is 5.92 Å². The highest BCUT2D eigenvalue weighted by molar-refractivity contribution is 5.78. The molecule has 1 aromatic rings. The molecule has 0 radical (unpaired) electrons. The summed E-state index contributed by atoms with van der Waals surface area (Å²) in [7, 11) is 0. The smallest absolute Gasteiger partial charge is 0.225 e. The van der Waals surface area contributed by atoms with Gasteiger partial charge in [0.2, 0.25) is 5.91 Å². The standard InChI is InChI=1S/C14H19NO/c1-10(2)14(16)15-8-11(3)13-7-5-4-6-12(13)9-15/h4-7,10-11H,8-9H2,1-3H3. The third-order valence-electron chi connectivity index (χ3n) is 3.25. The SMILES string of the molecule is CC(C)C(=O)N1Cc2ccccc2C(C)C1. The summed E-state index contributed by atoms with van der Waals surface area (Å²) in [5, 5.41) is 0. The molecule has 0 aromatic heterocycles. The van der Waals surface area contributed by atoms with E-state index in [4.69, 9.17) is 0 Å². The van der Waals surface area contributed by atoms with Gasteiger partial charge in [-0.2, -0.15) is 0 Å². The van der Waals surface area contributed by atoms with Crippen molar-refractivity contribution in [3.05, 3.63) is 35.4 Å². The molecule has 0 fully saturated rings. The number of carbonyl (C=O) groups is 1. The number of amides is 1. The molecule has 0 saturated heterocycles. The maximum absolute atomic E-state index is 12.0. The van der Waals surface area contributed by atoms with E-state index in [1.54, 1.807) is 0 Å². The van der Waals surface area contributed by atoms with Crippen LogP contribution in [0.4, 0.5) is 0 Å². The van der Waals surface area contributed by atoms with Gasteiger partial charge in [0.05, 0.1) is 0 Å². The third kappa shape index (κ3) is 1.97. The Balaban J connectivity index is 2.24. The van der Waals surface area contributed by atoms with E-state index in [0.717, 1.165) is 13.1 Å². The number of hydrogen-bond acceptors (Lipinski definition) is 1. The number of benzene rings is 1. The van der Waals surface area contributed by atoms with E-state index in [2.05, 4.69) is 31.2 Å². The van der Waals surface area contributed by atoms with E-state index in [-0.39, 0.29) is 11.8 Å². The molecule has 0 N–H and O–H groups in total. The first kappa shape index (κ1) is 11.2. The van der Waals surface area contributed by atoms with Gasteiger partial charge in [-0.05, 0) is 17.0 Å².